The molecule has 0 saturated carbocycles. The monoisotopic (exact) mass is 294 g/mol. The van der Waals surface area contributed by atoms with Crippen LogP contribution in [-0.4, -0.2) is 44.1 Å². The lowest BCUT2D eigenvalue weighted by Crippen LogP contribution is -2.40. The molecule has 2 atom stereocenters. The zero-order chi connectivity index (χ0) is 15.5. The molecule has 21 heavy (non-hydrogen) atoms. The normalized spacial score (nSPS) is 15.2. The first-order valence-corrected chi connectivity index (χ1v) is 6.33. The Morgan fingerprint density at radius 1 is 1.57 bits per heavy atom. The molecular weight excluding hydrogens is 279 g/mol. The van der Waals surface area contributed by atoms with E-state index in [0.717, 1.165) is 0 Å². The van der Waals surface area contributed by atoms with E-state index in [1.54, 1.807) is 19.1 Å². The first-order valence-electron chi connectivity index (χ1n) is 6.33. The number of benzene rings is 1. The molecule has 0 spiro atoms. The van der Waals surface area contributed by atoms with Gasteiger partial charge in [0.15, 0.2) is 0 Å². The van der Waals surface area contributed by atoms with Gasteiger partial charge < -0.3 is 9.84 Å². The van der Waals surface area contributed by atoms with Gasteiger partial charge in [-0.2, -0.15) is 0 Å². The number of carbonyl (C=O) groups excluding carboxylic acids is 1. The van der Waals surface area contributed by atoms with Crippen LogP contribution in [0, 0.1) is 0 Å². The fraction of sp³-hybridized carbons (Fsp3) is 0.385. The molecule has 112 valence electrons. The Labute approximate surface area is 120 Å². The van der Waals surface area contributed by atoms with Gasteiger partial charge in [0.25, 0.3) is 0 Å². The lowest BCUT2D eigenvalue weighted by molar-refractivity contribution is -0.160. The van der Waals surface area contributed by atoms with Crippen molar-refractivity contribution in [3.8, 4) is 5.69 Å². The van der Waals surface area contributed by atoms with E-state index in [-0.39, 0.29) is 12.2 Å². The maximum Gasteiger partial charge on any atom is 0.344 e. The van der Waals surface area contributed by atoms with Crippen LogP contribution in [0.5, 0.6) is 0 Å². The molecule has 2 aromatic rings. The molecule has 1 N–H and O–H groups in total. The number of esters is 1. The quantitative estimate of drug-likeness (QED) is 0.819. The summed E-state index contributed by atoms with van der Waals surface area (Å²) in [5, 5.41) is 21.0. The van der Waals surface area contributed by atoms with Crippen LogP contribution in [0.2, 0.25) is 0 Å². The number of alkyl halides is 1. The van der Waals surface area contributed by atoms with Crippen LogP contribution >= 0.6 is 0 Å². The SMILES string of the molecule is CCOC(=O)C(F)C(C)(O)c1cccc(-n2cnnn2)c1. The number of hydrogen-bond donors (Lipinski definition) is 1. The molecule has 2 rings (SSSR count). The Bertz CT molecular complexity index is 616. The molecular formula is C13H15FN4O3. The minimum absolute atomic E-state index is 0.0417. The van der Waals surface area contributed by atoms with Crippen molar-refractivity contribution in [2.24, 2.45) is 0 Å². The maximum absolute atomic E-state index is 14.1. The molecule has 0 saturated heterocycles. The van der Waals surface area contributed by atoms with Crippen LogP contribution in [0.3, 0.4) is 0 Å². The highest BCUT2D eigenvalue weighted by Gasteiger charge is 2.40. The number of halogens is 1. The van der Waals surface area contributed by atoms with Gasteiger partial charge in [-0.25, -0.2) is 13.9 Å². The van der Waals surface area contributed by atoms with E-state index < -0.39 is 17.7 Å². The summed E-state index contributed by atoms with van der Waals surface area (Å²) < 4.78 is 20.1. The molecule has 1 aromatic carbocycles. The molecule has 2 unspecified atom stereocenters. The molecule has 0 aliphatic carbocycles. The molecule has 7 nitrogen and oxygen atoms in total. The highest BCUT2D eigenvalue weighted by atomic mass is 19.1. The highest BCUT2D eigenvalue weighted by Crippen LogP contribution is 2.29. The zero-order valence-electron chi connectivity index (χ0n) is 11.6. The second-order valence-corrected chi connectivity index (χ2v) is 4.57. The van der Waals surface area contributed by atoms with Crippen molar-refractivity contribution in [3.63, 3.8) is 0 Å². The van der Waals surface area contributed by atoms with Crippen molar-refractivity contribution in [3.05, 3.63) is 36.2 Å². The minimum atomic E-state index is -2.19. The van der Waals surface area contributed by atoms with E-state index in [9.17, 15) is 14.3 Å². The molecule has 8 heteroatoms. The van der Waals surface area contributed by atoms with Crippen LogP contribution in [0.25, 0.3) is 5.69 Å². The van der Waals surface area contributed by atoms with E-state index in [1.165, 1.54) is 30.1 Å². The molecule has 0 amide bonds. The lowest BCUT2D eigenvalue weighted by Gasteiger charge is -2.26. The largest absolute Gasteiger partial charge is 0.464 e. The van der Waals surface area contributed by atoms with Gasteiger partial charge in [0.2, 0.25) is 6.17 Å². The van der Waals surface area contributed by atoms with Gasteiger partial charge in [-0.15, -0.1) is 5.10 Å². The summed E-state index contributed by atoms with van der Waals surface area (Å²) in [5.74, 6) is -1.10. The first kappa shape index (κ1) is 15.0. The second kappa shape index (κ2) is 5.96. The summed E-state index contributed by atoms with van der Waals surface area (Å²) in [6.45, 7) is 2.82. The zero-order valence-corrected chi connectivity index (χ0v) is 11.6. The molecule has 0 aliphatic rings. The highest BCUT2D eigenvalue weighted by molar-refractivity contribution is 5.76. The molecule has 0 aliphatic heterocycles. The first-order chi connectivity index (χ1) is 9.96. The number of ether oxygens (including phenoxy) is 1. The van der Waals surface area contributed by atoms with Crippen molar-refractivity contribution in [1.82, 2.24) is 20.2 Å². The van der Waals surface area contributed by atoms with Gasteiger partial charge in [-0.3, -0.25) is 0 Å². The number of aromatic nitrogens is 4. The fourth-order valence-corrected chi connectivity index (χ4v) is 1.83. The van der Waals surface area contributed by atoms with Crippen LogP contribution in [0.15, 0.2) is 30.6 Å². The van der Waals surface area contributed by atoms with Crippen molar-refractivity contribution < 1.29 is 19.0 Å². The third-order valence-electron chi connectivity index (χ3n) is 3.03. The van der Waals surface area contributed by atoms with Gasteiger partial charge >= 0.3 is 5.97 Å². The summed E-state index contributed by atoms with van der Waals surface area (Å²) in [5.41, 5.74) is -1.26. The number of aliphatic hydroxyl groups is 1. The van der Waals surface area contributed by atoms with E-state index in [1.807, 2.05) is 0 Å². The number of carbonyl (C=O) groups is 1. The summed E-state index contributed by atoms with van der Waals surface area (Å²) >= 11 is 0. The second-order valence-electron chi connectivity index (χ2n) is 4.57. The predicted octanol–water partition coefficient (Wildman–Crippen LogP) is 0.771. The standard InChI is InChI=1S/C13H15FN4O3/c1-3-21-12(19)11(14)13(2,20)9-5-4-6-10(7-9)18-8-15-16-17-18/h4-8,11,20H,3H2,1-2H3. The predicted molar refractivity (Wildman–Crippen MR) is 70.3 cm³/mol. The number of rotatable bonds is 5. The summed E-state index contributed by atoms with van der Waals surface area (Å²) in [6, 6.07) is 6.31. The van der Waals surface area contributed by atoms with Crippen molar-refractivity contribution in [2.45, 2.75) is 25.6 Å². The van der Waals surface area contributed by atoms with Gasteiger partial charge in [0.1, 0.15) is 11.9 Å². The average Bonchev–Trinajstić information content (AvgIpc) is 3.01. The van der Waals surface area contributed by atoms with Gasteiger partial charge in [-0.05, 0) is 42.0 Å². The molecule has 0 fully saturated rings. The molecule has 0 radical (unpaired) electrons. The van der Waals surface area contributed by atoms with E-state index in [2.05, 4.69) is 20.3 Å². The molecule has 0 bridgehead atoms. The number of tetrazole rings is 1. The fourth-order valence-electron chi connectivity index (χ4n) is 1.83. The van der Waals surface area contributed by atoms with Gasteiger partial charge in [0, 0.05) is 0 Å². The summed E-state index contributed by atoms with van der Waals surface area (Å²) in [7, 11) is 0. The Morgan fingerprint density at radius 3 is 2.95 bits per heavy atom. The van der Waals surface area contributed by atoms with Crippen LogP contribution in [-0.2, 0) is 15.1 Å². The summed E-state index contributed by atoms with van der Waals surface area (Å²) in [6.07, 6.45) is -0.826. The van der Waals surface area contributed by atoms with Crippen LogP contribution < -0.4 is 0 Å². The van der Waals surface area contributed by atoms with Crippen LogP contribution in [0.1, 0.15) is 19.4 Å². The third-order valence-corrected chi connectivity index (χ3v) is 3.03. The Kier molecular flexibility index (Phi) is 4.27. The van der Waals surface area contributed by atoms with Gasteiger partial charge in [0.05, 0.1) is 12.3 Å². The molecule has 1 heterocycles. The summed E-state index contributed by atoms with van der Waals surface area (Å²) in [4.78, 5) is 11.5. The Balaban J connectivity index is 2.32. The average molecular weight is 294 g/mol. The minimum Gasteiger partial charge on any atom is -0.464 e. The van der Waals surface area contributed by atoms with Crippen molar-refractivity contribution in [1.29, 1.82) is 0 Å². The lowest BCUT2D eigenvalue weighted by atomic mass is 9.90. The van der Waals surface area contributed by atoms with Crippen LogP contribution in [0.4, 0.5) is 4.39 Å². The maximum atomic E-state index is 14.1. The Morgan fingerprint density at radius 2 is 2.33 bits per heavy atom. The third kappa shape index (κ3) is 3.05. The molecule has 1 aromatic heterocycles. The van der Waals surface area contributed by atoms with E-state index in [0.29, 0.717) is 5.69 Å². The van der Waals surface area contributed by atoms with Crippen molar-refractivity contribution >= 4 is 5.97 Å². The number of hydrogen-bond acceptors (Lipinski definition) is 6. The van der Waals surface area contributed by atoms with Gasteiger partial charge in [-0.1, -0.05) is 12.1 Å². The van der Waals surface area contributed by atoms with E-state index >= 15 is 0 Å². The van der Waals surface area contributed by atoms with Crippen molar-refractivity contribution in [2.75, 3.05) is 6.61 Å². The topological polar surface area (TPSA) is 90.1 Å². The smallest absolute Gasteiger partial charge is 0.344 e. The number of nitrogens with zero attached hydrogens (tertiary/aromatic N) is 4. The Hall–Kier alpha value is -2.35. The van der Waals surface area contributed by atoms with E-state index in [4.69, 9.17) is 0 Å².